The highest BCUT2D eigenvalue weighted by Crippen LogP contribution is 2.23. The van der Waals surface area contributed by atoms with Gasteiger partial charge in [0.1, 0.15) is 0 Å². The van der Waals surface area contributed by atoms with Gasteiger partial charge >= 0.3 is 0 Å². The maximum atomic E-state index is 5.55. The van der Waals surface area contributed by atoms with Gasteiger partial charge in [0.15, 0.2) is 0 Å². The Morgan fingerprint density at radius 2 is 1.62 bits per heavy atom. The van der Waals surface area contributed by atoms with Crippen molar-refractivity contribution in [3.63, 3.8) is 0 Å². The van der Waals surface area contributed by atoms with E-state index < -0.39 is 0 Å². The second-order valence-corrected chi connectivity index (χ2v) is 5.02. The minimum atomic E-state index is 0.0190. The van der Waals surface area contributed by atoms with E-state index in [4.69, 9.17) is 4.74 Å². The van der Waals surface area contributed by atoms with Crippen molar-refractivity contribution >= 4 is 0 Å². The first-order chi connectivity index (χ1) is 7.68. The highest BCUT2D eigenvalue weighted by Gasteiger charge is 2.20. The first-order valence-corrected chi connectivity index (χ1v) is 6.84. The maximum absolute atomic E-state index is 5.55. The molecule has 16 heavy (non-hydrogen) atoms. The predicted octanol–water partition coefficient (Wildman–Crippen LogP) is 5.11. The molecule has 0 heterocycles. The molecule has 0 saturated heterocycles. The van der Waals surface area contributed by atoms with Crippen LogP contribution < -0.4 is 0 Å². The molecule has 0 fully saturated rings. The fraction of sp³-hybridized carbons (Fsp3) is 0.867. The van der Waals surface area contributed by atoms with E-state index in [1.807, 2.05) is 13.2 Å². The summed E-state index contributed by atoms with van der Waals surface area (Å²) in [6.07, 6.45) is 13.6. The highest BCUT2D eigenvalue weighted by molar-refractivity contribution is 4.84. The normalized spacial score (nSPS) is 14.7. The van der Waals surface area contributed by atoms with E-state index in [-0.39, 0.29) is 5.60 Å². The predicted molar refractivity (Wildman–Crippen MR) is 72.8 cm³/mol. The molecular formula is C15H30O. The Bertz CT molecular complexity index is 165. The fourth-order valence-electron chi connectivity index (χ4n) is 2.05. The van der Waals surface area contributed by atoms with Crippen LogP contribution in [-0.2, 0) is 4.74 Å². The third-order valence-electron chi connectivity index (χ3n) is 3.38. The SMILES string of the molecule is C=CCC(C)(CCCCCCCCC)OC. The van der Waals surface area contributed by atoms with Crippen LogP contribution in [0.25, 0.3) is 0 Å². The smallest absolute Gasteiger partial charge is 0.0684 e. The summed E-state index contributed by atoms with van der Waals surface area (Å²) in [4.78, 5) is 0. The number of ether oxygens (including phenoxy) is 1. The van der Waals surface area contributed by atoms with Gasteiger partial charge in [0.05, 0.1) is 5.60 Å². The Morgan fingerprint density at radius 3 is 2.12 bits per heavy atom. The quantitative estimate of drug-likeness (QED) is 0.351. The molecule has 0 amide bonds. The molecule has 0 aromatic heterocycles. The Morgan fingerprint density at radius 1 is 1.06 bits per heavy atom. The molecule has 0 aliphatic carbocycles. The molecule has 0 bridgehead atoms. The third-order valence-corrected chi connectivity index (χ3v) is 3.38. The number of unbranched alkanes of at least 4 members (excludes halogenated alkanes) is 6. The van der Waals surface area contributed by atoms with Crippen molar-refractivity contribution in [1.82, 2.24) is 0 Å². The minimum absolute atomic E-state index is 0.0190. The lowest BCUT2D eigenvalue weighted by atomic mass is 9.94. The number of rotatable bonds is 11. The molecule has 0 aromatic rings. The van der Waals surface area contributed by atoms with Gasteiger partial charge < -0.3 is 4.74 Å². The summed E-state index contributed by atoms with van der Waals surface area (Å²) in [6, 6.07) is 0. The summed E-state index contributed by atoms with van der Waals surface area (Å²) in [7, 11) is 1.81. The standard InChI is InChI=1S/C15H30O/c1-5-7-8-9-10-11-12-14-15(3,16-4)13-6-2/h6H,2,5,7-14H2,1,3-4H3. The van der Waals surface area contributed by atoms with Crippen LogP contribution in [0.4, 0.5) is 0 Å². The van der Waals surface area contributed by atoms with Gasteiger partial charge in [-0.15, -0.1) is 6.58 Å². The zero-order valence-electron chi connectivity index (χ0n) is 11.6. The topological polar surface area (TPSA) is 9.23 Å². The van der Waals surface area contributed by atoms with Gasteiger partial charge in [-0.3, -0.25) is 0 Å². The van der Waals surface area contributed by atoms with Crippen molar-refractivity contribution in [3.05, 3.63) is 12.7 Å². The van der Waals surface area contributed by atoms with Crippen molar-refractivity contribution in [2.24, 2.45) is 0 Å². The van der Waals surface area contributed by atoms with Crippen molar-refractivity contribution < 1.29 is 4.74 Å². The third kappa shape index (κ3) is 7.92. The van der Waals surface area contributed by atoms with Crippen LogP contribution in [0.3, 0.4) is 0 Å². The summed E-state index contributed by atoms with van der Waals surface area (Å²) in [5, 5.41) is 0. The molecule has 0 spiro atoms. The van der Waals surface area contributed by atoms with E-state index in [9.17, 15) is 0 Å². The highest BCUT2D eigenvalue weighted by atomic mass is 16.5. The maximum Gasteiger partial charge on any atom is 0.0684 e. The number of hydrogen-bond acceptors (Lipinski definition) is 1. The second kappa shape index (κ2) is 9.89. The minimum Gasteiger partial charge on any atom is -0.378 e. The summed E-state index contributed by atoms with van der Waals surface area (Å²) < 4.78 is 5.55. The molecule has 0 rings (SSSR count). The van der Waals surface area contributed by atoms with Crippen LogP contribution in [0.15, 0.2) is 12.7 Å². The van der Waals surface area contributed by atoms with Crippen LogP contribution in [-0.4, -0.2) is 12.7 Å². The van der Waals surface area contributed by atoms with Crippen molar-refractivity contribution in [2.75, 3.05) is 7.11 Å². The largest absolute Gasteiger partial charge is 0.378 e. The van der Waals surface area contributed by atoms with E-state index in [0.717, 1.165) is 12.8 Å². The van der Waals surface area contributed by atoms with Crippen molar-refractivity contribution in [3.8, 4) is 0 Å². The molecule has 96 valence electrons. The Kier molecular flexibility index (Phi) is 9.71. The van der Waals surface area contributed by atoms with Crippen LogP contribution in [0, 0.1) is 0 Å². The Labute approximate surface area is 102 Å². The van der Waals surface area contributed by atoms with Gasteiger partial charge in [0, 0.05) is 7.11 Å². The summed E-state index contributed by atoms with van der Waals surface area (Å²) in [6.45, 7) is 8.24. The summed E-state index contributed by atoms with van der Waals surface area (Å²) in [5.74, 6) is 0. The molecule has 0 N–H and O–H groups in total. The van der Waals surface area contributed by atoms with Gasteiger partial charge in [0.25, 0.3) is 0 Å². The molecule has 1 heteroatoms. The van der Waals surface area contributed by atoms with E-state index in [1.54, 1.807) is 0 Å². The first kappa shape index (κ1) is 15.7. The van der Waals surface area contributed by atoms with Gasteiger partial charge in [-0.25, -0.2) is 0 Å². The van der Waals surface area contributed by atoms with Gasteiger partial charge in [-0.2, -0.15) is 0 Å². The fourth-order valence-corrected chi connectivity index (χ4v) is 2.05. The number of methoxy groups -OCH3 is 1. The Hall–Kier alpha value is -0.300. The van der Waals surface area contributed by atoms with E-state index in [1.165, 1.54) is 44.9 Å². The molecule has 1 atom stereocenters. The average molecular weight is 226 g/mol. The van der Waals surface area contributed by atoms with Crippen LogP contribution in [0.2, 0.25) is 0 Å². The monoisotopic (exact) mass is 226 g/mol. The molecule has 1 unspecified atom stereocenters. The summed E-state index contributed by atoms with van der Waals surface area (Å²) >= 11 is 0. The molecule has 0 radical (unpaired) electrons. The second-order valence-electron chi connectivity index (χ2n) is 5.02. The molecular weight excluding hydrogens is 196 g/mol. The van der Waals surface area contributed by atoms with Gasteiger partial charge in [0.2, 0.25) is 0 Å². The van der Waals surface area contributed by atoms with E-state index in [2.05, 4.69) is 20.4 Å². The molecule has 0 aromatic carbocycles. The van der Waals surface area contributed by atoms with Crippen molar-refractivity contribution in [1.29, 1.82) is 0 Å². The lowest BCUT2D eigenvalue weighted by molar-refractivity contribution is -0.000492. The lowest BCUT2D eigenvalue weighted by Gasteiger charge is -2.26. The molecule has 0 aliphatic heterocycles. The zero-order valence-corrected chi connectivity index (χ0v) is 11.6. The van der Waals surface area contributed by atoms with E-state index in [0.29, 0.717) is 0 Å². The van der Waals surface area contributed by atoms with Crippen LogP contribution in [0.1, 0.15) is 71.6 Å². The first-order valence-electron chi connectivity index (χ1n) is 6.84. The zero-order chi connectivity index (χ0) is 12.3. The molecule has 0 aliphatic rings. The number of hydrogen-bond donors (Lipinski definition) is 0. The molecule has 1 nitrogen and oxygen atoms in total. The van der Waals surface area contributed by atoms with Crippen molar-refractivity contribution in [2.45, 2.75) is 77.2 Å². The van der Waals surface area contributed by atoms with Crippen LogP contribution >= 0.6 is 0 Å². The van der Waals surface area contributed by atoms with Crippen LogP contribution in [0.5, 0.6) is 0 Å². The van der Waals surface area contributed by atoms with Gasteiger partial charge in [-0.1, -0.05) is 57.9 Å². The average Bonchev–Trinajstić information content (AvgIpc) is 2.28. The van der Waals surface area contributed by atoms with Gasteiger partial charge in [-0.05, 0) is 19.8 Å². The molecule has 0 saturated carbocycles. The Balaban J connectivity index is 3.44. The lowest BCUT2D eigenvalue weighted by Crippen LogP contribution is -2.26. The summed E-state index contributed by atoms with van der Waals surface area (Å²) in [5.41, 5.74) is 0.0190. The van der Waals surface area contributed by atoms with E-state index >= 15 is 0 Å².